The summed E-state index contributed by atoms with van der Waals surface area (Å²) in [4.78, 5) is 14.4. The maximum Gasteiger partial charge on any atom is 0.161 e. The predicted molar refractivity (Wildman–Crippen MR) is 206 cm³/mol. The smallest absolute Gasteiger partial charge is 0.161 e. The second-order valence-electron chi connectivity index (χ2n) is 12.3. The van der Waals surface area contributed by atoms with E-state index in [2.05, 4.69) is 126 Å². The summed E-state index contributed by atoms with van der Waals surface area (Å²) in [6.07, 6.45) is 3.54. The molecule has 0 N–H and O–H groups in total. The van der Waals surface area contributed by atoms with Gasteiger partial charge in [0.2, 0.25) is 0 Å². The first kappa shape index (κ1) is 29.2. The molecule has 0 saturated carbocycles. The molecule has 0 aliphatic rings. The predicted octanol–water partition coefficient (Wildman–Crippen LogP) is 11.6. The van der Waals surface area contributed by atoms with E-state index in [1.165, 1.54) is 37.7 Å². The fourth-order valence-electron chi connectivity index (χ4n) is 7.06. The van der Waals surface area contributed by atoms with Gasteiger partial charge in [0.1, 0.15) is 0 Å². The molecular formula is C46H28N4. The molecule has 0 unspecified atom stereocenters. The summed E-state index contributed by atoms with van der Waals surface area (Å²) in [5, 5.41) is 21.2. The Labute approximate surface area is 288 Å². The number of hydrogen-bond acceptors (Lipinski definition) is 4. The van der Waals surface area contributed by atoms with E-state index in [0.717, 1.165) is 44.2 Å². The number of hydrogen-bond donors (Lipinski definition) is 0. The van der Waals surface area contributed by atoms with E-state index in [1.807, 2.05) is 42.5 Å². The number of nitriles is 1. The van der Waals surface area contributed by atoms with Crippen molar-refractivity contribution in [3.05, 3.63) is 176 Å². The topological polar surface area (TPSA) is 62.5 Å². The number of benzene rings is 6. The van der Waals surface area contributed by atoms with Crippen molar-refractivity contribution in [2.45, 2.75) is 0 Å². The van der Waals surface area contributed by atoms with Gasteiger partial charge < -0.3 is 0 Å². The second kappa shape index (κ2) is 12.2. The van der Waals surface area contributed by atoms with Crippen LogP contribution in [0.15, 0.2) is 170 Å². The zero-order valence-electron chi connectivity index (χ0n) is 27.0. The lowest BCUT2D eigenvalue weighted by atomic mass is 9.93. The molecule has 0 aliphatic carbocycles. The van der Waals surface area contributed by atoms with E-state index in [9.17, 15) is 5.26 Å². The molecular weight excluding hydrogens is 609 g/mol. The second-order valence-corrected chi connectivity index (χ2v) is 12.3. The highest BCUT2D eigenvalue weighted by Gasteiger charge is 2.14. The van der Waals surface area contributed by atoms with Crippen LogP contribution in [-0.4, -0.2) is 15.0 Å². The van der Waals surface area contributed by atoms with Crippen molar-refractivity contribution in [2.24, 2.45) is 0 Å². The van der Waals surface area contributed by atoms with Crippen LogP contribution in [0.4, 0.5) is 0 Å². The standard InChI is InChI=1S/C46H28N4/c47-28-30-19-21-31(22-20-30)44-27-45(50-46(49-44)33-10-9-25-48-29-33)32-23-24-42-40-17-6-5-15-38(40)36-13-2-1-11-34(36)35-12-3-4-14-37(35)39-16-7-8-18-41(39)43(42)26-32/h1-27,29H. The molecule has 232 valence electrons. The van der Waals surface area contributed by atoms with Crippen LogP contribution in [0.5, 0.6) is 0 Å². The maximum atomic E-state index is 9.40. The minimum absolute atomic E-state index is 0.589. The third-order valence-corrected chi connectivity index (χ3v) is 9.43. The number of nitrogens with zero attached hydrogens (tertiary/aromatic N) is 4. The van der Waals surface area contributed by atoms with Crippen LogP contribution in [0.3, 0.4) is 0 Å². The molecule has 0 spiro atoms. The Hall–Kier alpha value is -6.96. The molecule has 0 fully saturated rings. The average molecular weight is 637 g/mol. The van der Waals surface area contributed by atoms with E-state index >= 15 is 0 Å². The fraction of sp³-hybridized carbons (Fsp3) is 0. The quantitative estimate of drug-likeness (QED) is 0.194. The van der Waals surface area contributed by atoms with Crippen LogP contribution in [-0.2, 0) is 0 Å². The molecule has 0 amide bonds. The van der Waals surface area contributed by atoms with Crippen molar-refractivity contribution in [1.29, 1.82) is 5.26 Å². The molecule has 0 bridgehead atoms. The molecule has 9 rings (SSSR count). The molecule has 2 heterocycles. The first-order valence-corrected chi connectivity index (χ1v) is 16.6. The maximum absolute atomic E-state index is 9.40. The van der Waals surface area contributed by atoms with Crippen LogP contribution in [0.2, 0.25) is 0 Å². The molecule has 9 aromatic rings. The van der Waals surface area contributed by atoms with Gasteiger partial charge in [-0.25, -0.2) is 9.97 Å². The lowest BCUT2D eigenvalue weighted by Crippen LogP contribution is -1.96. The summed E-state index contributed by atoms with van der Waals surface area (Å²) in [6, 6.07) is 57.2. The Kier molecular flexibility index (Phi) is 7.15. The molecule has 4 heteroatoms. The van der Waals surface area contributed by atoms with Crippen LogP contribution < -0.4 is 0 Å². The van der Waals surface area contributed by atoms with Crippen LogP contribution >= 0.6 is 0 Å². The van der Waals surface area contributed by atoms with E-state index < -0.39 is 0 Å². The van der Waals surface area contributed by atoms with Crippen molar-refractivity contribution < 1.29 is 0 Å². The van der Waals surface area contributed by atoms with Gasteiger partial charge in [-0.2, -0.15) is 5.26 Å². The van der Waals surface area contributed by atoms with Crippen LogP contribution in [0.1, 0.15) is 5.56 Å². The number of fused-ring (bicyclic) bond motifs is 10. The first-order chi connectivity index (χ1) is 24.7. The molecule has 7 aromatic carbocycles. The summed E-state index contributed by atoms with van der Waals surface area (Å²) >= 11 is 0. The third-order valence-electron chi connectivity index (χ3n) is 9.43. The highest BCUT2D eigenvalue weighted by molar-refractivity contribution is 6.26. The lowest BCUT2D eigenvalue weighted by molar-refractivity contribution is 1.17. The van der Waals surface area contributed by atoms with Gasteiger partial charge >= 0.3 is 0 Å². The summed E-state index contributed by atoms with van der Waals surface area (Å²) in [6.45, 7) is 0. The molecule has 2 aromatic heterocycles. The monoisotopic (exact) mass is 636 g/mol. The Bertz CT molecular complexity index is 2800. The third kappa shape index (κ3) is 5.06. The van der Waals surface area contributed by atoms with Gasteiger partial charge in [-0.3, -0.25) is 4.98 Å². The number of pyridine rings is 1. The van der Waals surface area contributed by atoms with Gasteiger partial charge in [0.25, 0.3) is 0 Å². The minimum Gasteiger partial charge on any atom is -0.264 e. The van der Waals surface area contributed by atoms with Crippen molar-refractivity contribution in [3.8, 4) is 40.0 Å². The molecule has 0 aliphatic heterocycles. The molecule has 0 atom stereocenters. The Balaban J connectivity index is 1.42. The molecule has 4 nitrogen and oxygen atoms in total. The number of rotatable bonds is 3. The van der Waals surface area contributed by atoms with Gasteiger partial charge in [-0.1, -0.05) is 121 Å². The summed E-state index contributed by atoms with van der Waals surface area (Å²) < 4.78 is 0. The normalized spacial score (nSPS) is 11.2. The Morgan fingerprint density at radius 3 is 1.28 bits per heavy atom. The van der Waals surface area contributed by atoms with E-state index in [-0.39, 0.29) is 0 Å². The van der Waals surface area contributed by atoms with Gasteiger partial charge in [-0.05, 0) is 90.3 Å². The van der Waals surface area contributed by atoms with Crippen LogP contribution in [0, 0.1) is 11.3 Å². The van der Waals surface area contributed by atoms with Gasteiger partial charge in [-0.15, -0.1) is 0 Å². The zero-order chi connectivity index (χ0) is 33.4. The highest BCUT2D eigenvalue weighted by Crippen LogP contribution is 2.37. The minimum atomic E-state index is 0.589. The average Bonchev–Trinajstić information content (AvgIpc) is 3.20. The summed E-state index contributed by atoms with van der Waals surface area (Å²) in [5.41, 5.74) is 4.89. The lowest BCUT2D eigenvalue weighted by Gasteiger charge is -2.12. The molecule has 0 radical (unpaired) electrons. The van der Waals surface area contributed by atoms with Crippen LogP contribution in [0.25, 0.3) is 87.8 Å². The fourth-order valence-corrected chi connectivity index (χ4v) is 7.06. The van der Waals surface area contributed by atoms with Crippen molar-refractivity contribution in [3.63, 3.8) is 0 Å². The van der Waals surface area contributed by atoms with Gasteiger partial charge in [0, 0.05) is 29.1 Å². The Morgan fingerprint density at radius 1 is 0.380 bits per heavy atom. The summed E-state index contributed by atoms with van der Waals surface area (Å²) in [5.74, 6) is 0.589. The molecule has 50 heavy (non-hydrogen) atoms. The first-order valence-electron chi connectivity index (χ1n) is 16.6. The number of aromatic nitrogens is 3. The highest BCUT2D eigenvalue weighted by atomic mass is 14.9. The largest absolute Gasteiger partial charge is 0.264 e. The van der Waals surface area contributed by atoms with Crippen molar-refractivity contribution >= 4 is 53.9 Å². The SMILES string of the molecule is N#Cc1ccc(-c2cc(-c3ccc4c5ccccc5c5ccccc5c5ccccc5c5ccccc5c4c3)nc(-c3cccnc3)n2)cc1. The van der Waals surface area contributed by atoms with Crippen molar-refractivity contribution in [1.82, 2.24) is 15.0 Å². The van der Waals surface area contributed by atoms with Gasteiger partial charge in [0.15, 0.2) is 5.82 Å². The molecule has 0 saturated heterocycles. The van der Waals surface area contributed by atoms with E-state index in [0.29, 0.717) is 11.4 Å². The summed E-state index contributed by atoms with van der Waals surface area (Å²) in [7, 11) is 0. The van der Waals surface area contributed by atoms with Crippen molar-refractivity contribution in [2.75, 3.05) is 0 Å². The van der Waals surface area contributed by atoms with Gasteiger partial charge in [0.05, 0.1) is 23.0 Å². The van der Waals surface area contributed by atoms with E-state index in [1.54, 1.807) is 12.4 Å². The van der Waals surface area contributed by atoms with E-state index in [4.69, 9.17) is 9.97 Å². The Morgan fingerprint density at radius 2 is 0.820 bits per heavy atom. The zero-order valence-corrected chi connectivity index (χ0v) is 27.0.